The lowest BCUT2D eigenvalue weighted by atomic mass is 10.2. The fourth-order valence-electron chi connectivity index (χ4n) is 2.28. The lowest BCUT2D eigenvalue weighted by Gasteiger charge is -2.33. The number of rotatable bonds is 5. The monoisotopic (exact) mass is 323 g/mol. The van der Waals surface area contributed by atoms with E-state index in [0.29, 0.717) is 24.7 Å². The number of esters is 1. The molecule has 0 bridgehead atoms. The minimum atomic E-state index is -0.508. The highest BCUT2D eigenvalue weighted by Crippen LogP contribution is 2.19. The van der Waals surface area contributed by atoms with Crippen molar-refractivity contribution in [2.45, 2.75) is 19.9 Å². The lowest BCUT2D eigenvalue weighted by molar-refractivity contribution is -0.154. The number of benzene rings is 1. The molecule has 1 saturated heterocycles. The zero-order valence-electron chi connectivity index (χ0n) is 12.9. The topological polar surface area (TPSA) is 55.8 Å². The molecule has 0 radical (unpaired) electrons. The first-order valence-corrected chi connectivity index (χ1v) is 8.51. The van der Waals surface area contributed by atoms with E-state index in [1.165, 1.54) is 0 Å². The van der Waals surface area contributed by atoms with Crippen LogP contribution in [0, 0.1) is 6.92 Å². The number of nitrogens with zero attached hydrogens (tertiary/aromatic N) is 1. The fraction of sp³-hybridized carbons (Fsp3) is 0.500. The SMILES string of the molecule is CCOC(=O)C1CSCCN1C(=O)COc1ccccc1C. The molecule has 0 saturated carbocycles. The number of carbonyl (C=O) groups is 2. The molecule has 2 rings (SSSR count). The molecule has 0 aliphatic carbocycles. The molecule has 1 fully saturated rings. The molecule has 0 N–H and O–H groups in total. The van der Waals surface area contributed by atoms with E-state index in [9.17, 15) is 9.59 Å². The first kappa shape index (κ1) is 16.7. The molecular formula is C16H21NO4S. The van der Waals surface area contributed by atoms with Gasteiger partial charge in [0.15, 0.2) is 6.61 Å². The zero-order valence-corrected chi connectivity index (χ0v) is 13.7. The van der Waals surface area contributed by atoms with Crippen molar-refractivity contribution >= 4 is 23.6 Å². The van der Waals surface area contributed by atoms with Gasteiger partial charge in [-0.1, -0.05) is 18.2 Å². The van der Waals surface area contributed by atoms with Crippen LogP contribution in [0.1, 0.15) is 12.5 Å². The lowest BCUT2D eigenvalue weighted by Crippen LogP contribution is -2.52. The molecule has 0 spiro atoms. The summed E-state index contributed by atoms with van der Waals surface area (Å²) in [5.41, 5.74) is 0.978. The van der Waals surface area contributed by atoms with Gasteiger partial charge in [0.2, 0.25) is 0 Å². The van der Waals surface area contributed by atoms with E-state index in [4.69, 9.17) is 9.47 Å². The zero-order chi connectivity index (χ0) is 15.9. The Labute approximate surface area is 135 Å². The molecule has 1 amide bonds. The maximum Gasteiger partial charge on any atom is 0.329 e. The second kappa shape index (κ2) is 8.08. The van der Waals surface area contributed by atoms with Crippen LogP contribution in [0.4, 0.5) is 0 Å². The highest BCUT2D eigenvalue weighted by molar-refractivity contribution is 7.99. The van der Waals surface area contributed by atoms with Crippen LogP contribution in [-0.2, 0) is 14.3 Å². The minimum Gasteiger partial charge on any atom is -0.484 e. The van der Waals surface area contributed by atoms with Crippen molar-refractivity contribution in [3.05, 3.63) is 29.8 Å². The number of aryl methyl sites for hydroxylation is 1. The van der Waals surface area contributed by atoms with Gasteiger partial charge in [-0.2, -0.15) is 11.8 Å². The predicted molar refractivity (Wildman–Crippen MR) is 86.1 cm³/mol. The molecule has 22 heavy (non-hydrogen) atoms. The van der Waals surface area contributed by atoms with Crippen molar-refractivity contribution < 1.29 is 19.1 Å². The minimum absolute atomic E-state index is 0.0641. The number of ether oxygens (including phenoxy) is 2. The standard InChI is InChI=1S/C16H21NO4S/c1-3-20-16(19)13-11-22-9-8-17(13)15(18)10-21-14-7-5-4-6-12(14)2/h4-7,13H,3,8-11H2,1-2H3. The molecule has 120 valence electrons. The largest absolute Gasteiger partial charge is 0.484 e. The highest BCUT2D eigenvalue weighted by Gasteiger charge is 2.33. The quantitative estimate of drug-likeness (QED) is 0.775. The third-order valence-corrected chi connectivity index (χ3v) is 4.47. The molecule has 1 aromatic carbocycles. The summed E-state index contributed by atoms with van der Waals surface area (Å²) in [6.07, 6.45) is 0. The number of carbonyl (C=O) groups excluding carboxylic acids is 2. The molecule has 0 aromatic heterocycles. The summed E-state index contributed by atoms with van der Waals surface area (Å²) in [4.78, 5) is 25.9. The van der Waals surface area contributed by atoms with Crippen LogP contribution in [0.25, 0.3) is 0 Å². The van der Waals surface area contributed by atoms with Crippen LogP contribution >= 0.6 is 11.8 Å². The Hall–Kier alpha value is -1.69. The molecule has 5 nitrogen and oxygen atoms in total. The first-order valence-electron chi connectivity index (χ1n) is 7.35. The van der Waals surface area contributed by atoms with Gasteiger partial charge >= 0.3 is 5.97 Å². The third kappa shape index (κ3) is 4.16. The number of para-hydroxylation sites is 1. The predicted octanol–water partition coefficient (Wildman–Crippen LogP) is 1.88. The summed E-state index contributed by atoms with van der Waals surface area (Å²) in [5, 5.41) is 0. The molecule has 6 heteroatoms. The molecular weight excluding hydrogens is 302 g/mol. The summed E-state index contributed by atoms with van der Waals surface area (Å²) >= 11 is 1.66. The van der Waals surface area contributed by atoms with Crippen LogP contribution in [0.2, 0.25) is 0 Å². The molecule has 1 unspecified atom stereocenters. The van der Waals surface area contributed by atoms with Gasteiger partial charge in [0.1, 0.15) is 11.8 Å². The van der Waals surface area contributed by atoms with E-state index in [0.717, 1.165) is 11.3 Å². The van der Waals surface area contributed by atoms with Crippen LogP contribution < -0.4 is 4.74 Å². The van der Waals surface area contributed by atoms with Crippen molar-refractivity contribution in [1.82, 2.24) is 4.90 Å². The van der Waals surface area contributed by atoms with Crippen LogP contribution in [-0.4, -0.2) is 54.1 Å². The second-order valence-corrected chi connectivity index (χ2v) is 6.13. The van der Waals surface area contributed by atoms with Crippen molar-refractivity contribution in [3.63, 3.8) is 0 Å². The Kier molecular flexibility index (Phi) is 6.12. The molecule has 1 aromatic rings. The van der Waals surface area contributed by atoms with Gasteiger partial charge in [-0.25, -0.2) is 4.79 Å². The van der Waals surface area contributed by atoms with Gasteiger partial charge in [0.25, 0.3) is 5.91 Å². The Morgan fingerprint density at radius 2 is 2.14 bits per heavy atom. The van der Waals surface area contributed by atoms with Gasteiger partial charge in [-0.3, -0.25) is 4.79 Å². The van der Waals surface area contributed by atoms with E-state index in [2.05, 4.69) is 0 Å². The number of hydrogen-bond donors (Lipinski definition) is 0. The average molecular weight is 323 g/mol. The van der Waals surface area contributed by atoms with Crippen LogP contribution in [0.3, 0.4) is 0 Å². The maximum absolute atomic E-state index is 12.4. The summed E-state index contributed by atoms with van der Waals surface area (Å²) in [7, 11) is 0. The van der Waals surface area contributed by atoms with Crippen LogP contribution in [0.5, 0.6) is 5.75 Å². The van der Waals surface area contributed by atoms with Gasteiger partial charge < -0.3 is 14.4 Å². The maximum atomic E-state index is 12.4. The third-order valence-electron chi connectivity index (χ3n) is 3.45. The van der Waals surface area contributed by atoms with Gasteiger partial charge in [-0.05, 0) is 25.5 Å². The van der Waals surface area contributed by atoms with Gasteiger partial charge in [-0.15, -0.1) is 0 Å². The number of amides is 1. The van der Waals surface area contributed by atoms with E-state index in [1.807, 2.05) is 31.2 Å². The molecule has 1 aliphatic rings. The Morgan fingerprint density at radius 1 is 1.36 bits per heavy atom. The smallest absolute Gasteiger partial charge is 0.329 e. The van der Waals surface area contributed by atoms with Crippen molar-refractivity contribution in [2.24, 2.45) is 0 Å². The molecule has 1 aliphatic heterocycles. The first-order chi connectivity index (χ1) is 10.6. The van der Waals surface area contributed by atoms with E-state index in [-0.39, 0.29) is 18.5 Å². The second-order valence-electron chi connectivity index (χ2n) is 4.98. The fourth-order valence-corrected chi connectivity index (χ4v) is 3.31. The van der Waals surface area contributed by atoms with Crippen molar-refractivity contribution in [3.8, 4) is 5.75 Å². The van der Waals surface area contributed by atoms with E-state index < -0.39 is 6.04 Å². The van der Waals surface area contributed by atoms with E-state index >= 15 is 0 Å². The van der Waals surface area contributed by atoms with Crippen LogP contribution in [0.15, 0.2) is 24.3 Å². The van der Waals surface area contributed by atoms with Crippen molar-refractivity contribution in [1.29, 1.82) is 0 Å². The highest BCUT2D eigenvalue weighted by atomic mass is 32.2. The summed E-state index contributed by atoms with van der Waals surface area (Å²) < 4.78 is 10.6. The Bertz CT molecular complexity index is 535. The average Bonchev–Trinajstić information content (AvgIpc) is 2.54. The Balaban J connectivity index is 1.97. The Morgan fingerprint density at radius 3 is 2.86 bits per heavy atom. The summed E-state index contributed by atoms with van der Waals surface area (Å²) in [6.45, 7) is 4.50. The van der Waals surface area contributed by atoms with Gasteiger partial charge in [0.05, 0.1) is 6.61 Å². The number of thioether (sulfide) groups is 1. The normalized spacial score (nSPS) is 17.9. The van der Waals surface area contributed by atoms with Gasteiger partial charge in [0, 0.05) is 18.1 Å². The van der Waals surface area contributed by atoms with Crippen molar-refractivity contribution in [2.75, 3.05) is 31.3 Å². The molecule has 1 heterocycles. The molecule has 1 atom stereocenters. The van der Waals surface area contributed by atoms with E-state index in [1.54, 1.807) is 23.6 Å². The summed E-state index contributed by atoms with van der Waals surface area (Å²) in [5.74, 6) is 1.58. The summed E-state index contributed by atoms with van der Waals surface area (Å²) in [6, 6.07) is 7.04. The number of hydrogen-bond acceptors (Lipinski definition) is 5.